The van der Waals surface area contributed by atoms with Gasteiger partial charge in [0, 0.05) is 12.1 Å². The van der Waals surface area contributed by atoms with Gasteiger partial charge in [-0.1, -0.05) is 35.7 Å². The second-order valence-electron chi connectivity index (χ2n) is 7.44. The van der Waals surface area contributed by atoms with E-state index in [9.17, 15) is 0 Å². The van der Waals surface area contributed by atoms with E-state index >= 15 is 0 Å². The number of rotatable bonds is 4. The normalized spacial score (nSPS) is 31.5. The molecule has 5 unspecified atom stereocenters. The number of nitrogens with one attached hydrogen (secondary N) is 1. The molecule has 2 bridgehead atoms. The second kappa shape index (κ2) is 5.52. The molecule has 1 N–H and O–H groups in total. The third kappa shape index (κ3) is 2.79. The van der Waals surface area contributed by atoms with E-state index in [1.165, 1.54) is 42.4 Å². The van der Waals surface area contributed by atoms with Crippen molar-refractivity contribution in [3.8, 4) is 0 Å². The zero-order chi connectivity index (χ0) is 14.3. The summed E-state index contributed by atoms with van der Waals surface area (Å²) in [4.78, 5) is 0. The summed E-state index contributed by atoms with van der Waals surface area (Å²) in [7, 11) is 0. The smallest absolute Gasteiger partial charge is 0.0294 e. The van der Waals surface area contributed by atoms with E-state index < -0.39 is 0 Å². The Morgan fingerprint density at radius 3 is 2.25 bits per heavy atom. The van der Waals surface area contributed by atoms with E-state index in [2.05, 4.69) is 51.2 Å². The van der Waals surface area contributed by atoms with Crippen molar-refractivity contribution in [3.63, 3.8) is 0 Å². The van der Waals surface area contributed by atoms with Gasteiger partial charge in [-0.05, 0) is 70.3 Å². The average molecular weight is 271 g/mol. The lowest BCUT2D eigenvalue weighted by molar-refractivity contribution is 0.248. The lowest BCUT2D eigenvalue weighted by Crippen LogP contribution is -2.37. The van der Waals surface area contributed by atoms with Crippen LogP contribution < -0.4 is 5.32 Å². The van der Waals surface area contributed by atoms with Crippen LogP contribution in [0.5, 0.6) is 0 Å². The molecule has 0 aromatic heterocycles. The summed E-state index contributed by atoms with van der Waals surface area (Å²) in [5, 5.41) is 3.88. The second-order valence-corrected chi connectivity index (χ2v) is 7.44. The van der Waals surface area contributed by atoms with Gasteiger partial charge in [-0.2, -0.15) is 0 Å². The molecule has 2 aliphatic carbocycles. The molecular weight excluding hydrogens is 242 g/mol. The molecule has 110 valence electrons. The van der Waals surface area contributed by atoms with Crippen LogP contribution in [0.2, 0.25) is 0 Å². The summed E-state index contributed by atoms with van der Waals surface area (Å²) < 4.78 is 0. The Balaban J connectivity index is 1.64. The van der Waals surface area contributed by atoms with Crippen LogP contribution in [0.1, 0.15) is 62.3 Å². The summed E-state index contributed by atoms with van der Waals surface area (Å²) in [5.74, 6) is 2.97. The summed E-state index contributed by atoms with van der Waals surface area (Å²) in [5.41, 5.74) is 4.19. The molecule has 0 heterocycles. The molecule has 3 rings (SSSR count). The van der Waals surface area contributed by atoms with E-state index in [0.29, 0.717) is 12.1 Å². The van der Waals surface area contributed by atoms with Crippen LogP contribution >= 0.6 is 0 Å². The third-order valence-corrected chi connectivity index (χ3v) is 5.69. The van der Waals surface area contributed by atoms with Gasteiger partial charge in [0.1, 0.15) is 0 Å². The van der Waals surface area contributed by atoms with Crippen LogP contribution in [0, 0.1) is 31.6 Å². The first kappa shape index (κ1) is 14.1. The van der Waals surface area contributed by atoms with Crippen LogP contribution in [-0.4, -0.2) is 6.04 Å². The van der Waals surface area contributed by atoms with Crippen molar-refractivity contribution < 1.29 is 0 Å². The van der Waals surface area contributed by atoms with Gasteiger partial charge < -0.3 is 5.32 Å². The Bertz CT molecular complexity index is 458. The van der Waals surface area contributed by atoms with Crippen LogP contribution in [0.15, 0.2) is 18.2 Å². The maximum absolute atomic E-state index is 3.88. The van der Waals surface area contributed by atoms with Crippen molar-refractivity contribution >= 4 is 0 Å². The molecule has 0 aliphatic heterocycles. The highest BCUT2D eigenvalue weighted by atomic mass is 14.9. The fourth-order valence-corrected chi connectivity index (χ4v) is 4.78. The molecule has 1 heteroatoms. The average Bonchev–Trinajstić information content (AvgIpc) is 2.99. The molecule has 1 nitrogen and oxygen atoms in total. The Hall–Kier alpha value is -0.820. The van der Waals surface area contributed by atoms with Crippen molar-refractivity contribution in [2.24, 2.45) is 17.8 Å². The van der Waals surface area contributed by atoms with E-state index in [4.69, 9.17) is 0 Å². The molecule has 0 spiro atoms. The fourth-order valence-electron chi connectivity index (χ4n) is 4.78. The highest BCUT2D eigenvalue weighted by Gasteiger charge is 2.41. The standard InChI is InChI=1S/C19H29N/c1-12-7-13(2)9-18(8-12)14(3)20-15(4)19-11-16-5-6-17(19)10-16/h7-9,14-17,19-20H,5-6,10-11H2,1-4H3. The lowest BCUT2D eigenvalue weighted by atomic mass is 9.83. The van der Waals surface area contributed by atoms with E-state index in [0.717, 1.165) is 17.8 Å². The molecular formula is C19H29N. The zero-order valence-corrected chi connectivity index (χ0v) is 13.4. The minimum absolute atomic E-state index is 0.461. The van der Waals surface area contributed by atoms with Crippen LogP contribution in [0.4, 0.5) is 0 Å². The van der Waals surface area contributed by atoms with Crippen LogP contribution in [0.25, 0.3) is 0 Å². The van der Waals surface area contributed by atoms with Gasteiger partial charge in [-0.25, -0.2) is 0 Å². The third-order valence-electron chi connectivity index (χ3n) is 5.69. The monoisotopic (exact) mass is 271 g/mol. The number of benzene rings is 1. The summed E-state index contributed by atoms with van der Waals surface area (Å²) >= 11 is 0. The Labute approximate surface area is 124 Å². The number of aryl methyl sites for hydroxylation is 2. The molecule has 2 aliphatic rings. The molecule has 5 atom stereocenters. The van der Waals surface area contributed by atoms with Crippen molar-refractivity contribution in [2.75, 3.05) is 0 Å². The molecule has 20 heavy (non-hydrogen) atoms. The van der Waals surface area contributed by atoms with Crippen molar-refractivity contribution in [2.45, 2.75) is 65.5 Å². The molecule has 0 radical (unpaired) electrons. The van der Waals surface area contributed by atoms with Gasteiger partial charge in [0.05, 0.1) is 0 Å². The molecule has 1 aromatic rings. The maximum atomic E-state index is 3.88. The highest BCUT2D eigenvalue weighted by Crippen LogP contribution is 2.49. The van der Waals surface area contributed by atoms with Gasteiger partial charge in [-0.3, -0.25) is 0 Å². The summed E-state index contributed by atoms with van der Waals surface area (Å²) in [6.07, 6.45) is 5.97. The Morgan fingerprint density at radius 1 is 1.00 bits per heavy atom. The number of fused-ring (bicyclic) bond motifs is 2. The van der Waals surface area contributed by atoms with E-state index in [1.807, 2.05) is 0 Å². The molecule has 0 saturated heterocycles. The summed E-state index contributed by atoms with van der Waals surface area (Å²) in [6.45, 7) is 9.12. The van der Waals surface area contributed by atoms with Crippen LogP contribution in [0.3, 0.4) is 0 Å². The SMILES string of the molecule is Cc1cc(C)cc(C(C)NC(C)C2CC3CCC2C3)c1. The van der Waals surface area contributed by atoms with Crippen molar-refractivity contribution in [1.82, 2.24) is 5.32 Å². The van der Waals surface area contributed by atoms with Crippen LogP contribution in [-0.2, 0) is 0 Å². The molecule has 0 amide bonds. The first-order valence-electron chi connectivity index (χ1n) is 8.37. The minimum Gasteiger partial charge on any atom is -0.307 e. The lowest BCUT2D eigenvalue weighted by Gasteiger charge is -2.31. The van der Waals surface area contributed by atoms with Gasteiger partial charge in [-0.15, -0.1) is 0 Å². The van der Waals surface area contributed by atoms with Crippen molar-refractivity contribution in [3.05, 3.63) is 34.9 Å². The largest absolute Gasteiger partial charge is 0.307 e. The minimum atomic E-state index is 0.461. The van der Waals surface area contributed by atoms with Gasteiger partial charge in [0.15, 0.2) is 0 Å². The predicted octanol–water partition coefficient (Wildman–Crippen LogP) is 4.78. The van der Waals surface area contributed by atoms with Crippen molar-refractivity contribution in [1.29, 1.82) is 0 Å². The number of hydrogen-bond donors (Lipinski definition) is 1. The topological polar surface area (TPSA) is 12.0 Å². The Morgan fingerprint density at radius 2 is 1.70 bits per heavy atom. The maximum Gasteiger partial charge on any atom is 0.0294 e. The highest BCUT2D eigenvalue weighted by molar-refractivity contribution is 5.30. The van der Waals surface area contributed by atoms with Gasteiger partial charge >= 0.3 is 0 Å². The first-order valence-corrected chi connectivity index (χ1v) is 8.37. The summed E-state index contributed by atoms with van der Waals surface area (Å²) in [6, 6.07) is 8.04. The molecule has 2 fully saturated rings. The predicted molar refractivity (Wildman–Crippen MR) is 85.9 cm³/mol. The van der Waals surface area contributed by atoms with Gasteiger partial charge in [0.25, 0.3) is 0 Å². The zero-order valence-electron chi connectivity index (χ0n) is 13.4. The fraction of sp³-hybridized carbons (Fsp3) is 0.684. The number of hydrogen-bond acceptors (Lipinski definition) is 1. The van der Waals surface area contributed by atoms with E-state index in [-0.39, 0.29) is 0 Å². The first-order chi connectivity index (χ1) is 9.52. The molecule has 2 saturated carbocycles. The Kier molecular flexibility index (Phi) is 3.90. The van der Waals surface area contributed by atoms with E-state index in [1.54, 1.807) is 0 Å². The quantitative estimate of drug-likeness (QED) is 0.831. The van der Waals surface area contributed by atoms with Gasteiger partial charge in [0.2, 0.25) is 0 Å². The molecule has 1 aromatic carbocycles.